The van der Waals surface area contributed by atoms with Crippen LogP contribution in [0, 0.1) is 16.1 Å². The molecule has 0 aromatic carbocycles. The smallest absolute Gasteiger partial charge is 0.258 e. The van der Waals surface area contributed by atoms with Crippen LogP contribution in [-0.4, -0.2) is 9.91 Å². The molecule has 0 fully saturated rings. The van der Waals surface area contributed by atoms with Gasteiger partial charge in [0.05, 0.1) is 10.5 Å². The van der Waals surface area contributed by atoms with E-state index in [1.165, 1.54) is 0 Å². The molecule has 0 amide bonds. The van der Waals surface area contributed by atoms with E-state index in [-0.39, 0.29) is 6.07 Å². The van der Waals surface area contributed by atoms with Gasteiger partial charge in [-0.3, -0.25) is 10.1 Å². The van der Waals surface area contributed by atoms with Crippen molar-refractivity contribution in [2.75, 3.05) is 0 Å². The highest BCUT2D eigenvalue weighted by atomic mass is 19.4. The van der Waals surface area contributed by atoms with Gasteiger partial charge in [0.2, 0.25) is 0 Å². The molecule has 0 unspecified atom stereocenters. The Labute approximate surface area is 89.0 Å². The van der Waals surface area contributed by atoms with Crippen LogP contribution in [0.2, 0.25) is 0 Å². The van der Waals surface area contributed by atoms with E-state index < -0.39 is 40.4 Å². The van der Waals surface area contributed by atoms with Gasteiger partial charge in [-0.05, 0) is 0 Å². The Morgan fingerprint density at radius 3 is 2.24 bits per heavy atom. The van der Waals surface area contributed by atoms with Crippen LogP contribution in [0.3, 0.4) is 0 Å². The molecule has 0 aliphatic heterocycles. The molecule has 4 nitrogen and oxygen atoms in total. The number of hydrogen-bond donors (Lipinski definition) is 0. The molecular weight excluding hydrogens is 258 g/mol. The number of aromatic nitrogens is 1. The van der Waals surface area contributed by atoms with E-state index in [1.54, 1.807) is 0 Å². The number of hydrogen-bond acceptors (Lipinski definition) is 3. The molecule has 0 spiro atoms. The average molecular weight is 260 g/mol. The van der Waals surface area contributed by atoms with Gasteiger partial charge in [0.1, 0.15) is 5.69 Å². The second-order valence-electron chi connectivity index (χ2n) is 2.79. The molecule has 0 N–H and O–H groups in total. The van der Waals surface area contributed by atoms with Gasteiger partial charge in [-0.1, -0.05) is 0 Å². The zero-order chi connectivity index (χ0) is 13.4. The molecule has 0 radical (unpaired) electrons. The number of pyridine rings is 1. The Morgan fingerprint density at radius 1 is 1.35 bits per heavy atom. The lowest BCUT2D eigenvalue weighted by atomic mass is 10.1. The first-order valence-electron chi connectivity index (χ1n) is 3.84. The third-order valence-electron chi connectivity index (χ3n) is 1.70. The maximum atomic E-state index is 12.8. The molecule has 10 heteroatoms. The molecule has 0 saturated heterocycles. The molecule has 0 aliphatic rings. The first-order valence-corrected chi connectivity index (χ1v) is 3.84. The minimum absolute atomic E-state index is 0.302. The van der Waals surface area contributed by atoms with Gasteiger partial charge in [0.25, 0.3) is 12.4 Å². The van der Waals surface area contributed by atoms with Crippen LogP contribution in [0.5, 0.6) is 0 Å². The topological polar surface area (TPSA) is 56.0 Å². The van der Waals surface area contributed by atoms with Crippen LogP contribution in [0.15, 0.2) is 6.07 Å². The molecule has 94 valence electrons. The predicted octanol–water partition coefficient (Wildman–Crippen LogP) is 3.09. The Hall–Kier alpha value is -1.87. The van der Waals surface area contributed by atoms with Crippen molar-refractivity contribution in [3.05, 3.63) is 33.4 Å². The van der Waals surface area contributed by atoms with E-state index in [0.717, 1.165) is 0 Å². The van der Waals surface area contributed by atoms with Crippen molar-refractivity contribution >= 4 is 5.69 Å². The Balaban J connectivity index is 3.54. The second-order valence-corrected chi connectivity index (χ2v) is 2.79. The van der Waals surface area contributed by atoms with Crippen molar-refractivity contribution in [3.63, 3.8) is 0 Å². The summed E-state index contributed by atoms with van der Waals surface area (Å²) < 4.78 is 73.9. The number of nitrogens with zero attached hydrogens (tertiary/aromatic N) is 2. The summed E-state index contributed by atoms with van der Waals surface area (Å²) in [7, 11) is 0. The predicted molar refractivity (Wildman–Crippen MR) is 40.8 cm³/mol. The van der Waals surface area contributed by atoms with Crippen molar-refractivity contribution in [2.45, 2.75) is 12.6 Å². The summed E-state index contributed by atoms with van der Waals surface area (Å²) in [4.78, 5) is 11.0. The van der Waals surface area contributed by atoms with Gasteiger partial charge in [-0.2, -0.15) is 17.6 Å². The molecule has 1 heterocycles. The van der Waals surface area contributed by atoms with Crippen molar-refractivity contribution in [3.8, 4) is 0 Å². The maximum Gasteiger partial charge on any atom is 0.418 e. The van der Waals surface area contributed by atoms with Gasteiger partial charge in [-0.15, -0.1) is 0 Å². The monoisotopic (exact) mass is 260 g/mol. The van der Waals surface area contributed by atoms with E-state index in [9.17, 15) is 36.5 Å². The lowest BCUT2D eigenvalue weighted by Gasteiger charge is -2.11. The molecule has 0 saturated carbocycles. The van der Waals surface area contributed by atoms with Crippen molar-refractivity contribution in [1.29, 1.82) is 0 Å². The van der Waals surface area contributed by atoms with Crippen LogP contribution in [0.4, 0.5) is 32.0 Å². The highest BCUT2D eigenvalue weighted by Gasteiger charge is 2.39. The summed E-state index contributed by atoms with van der Waals surface area (Å²) in [6.45, 7) is 0. The van der Waals surface area contributed by atoms with Crippen LogP contribution < -0.4 is 0 Å². The molecule has 1 rings (SSSR count). The standard InChI is InChI=1S/C7H2F6N2O2/c8-5(9)4-2(7(11,12)13)1-3(15(16)17)6(10)14-4/h1,5H. The number of nitro groups is 1. The number of rotatable bonds is 2. The molecule has 0 atom stereocenters. The molecule has 17 heavy (non-hydrogen) atoms. The van der Waals surface area contributed by atoms with Crippen LogP contribution >= 0.6 is 0 Å². The van der Waals surface area contributed by atoms with Gasteiger partial charge < -0.3 is 0 Å². The van der Waals surface area contributed by atoms with Crippen molar-refractivity contribution in [1.82, 2.24) is 4.98 Å². The molecule has 0 aliphatic carbocycles. The SMILES string of the molecule is O=[N+]([O-])c1cc(C(F)(F)F)c(C(F)F)nc1F. The minimum Gasteiger partial charge on any atom is -0.258 e. The quantitative estimate of drug-likeness (QED) is 0.355. The van der Waals surface area contributed by atoms with Gasteiger partial charge in [-0.25, -0.2) is 13.8 Å². The summed E-state index contributed by atoms with van der Waals surface area (Å²) in [5, 5.41) is 10.2. The summed E-state index contributed by atoms with van der Waals surface area (Å²) in [6.07, 6.45) is -8.97. The highest BCUT2D eigenvalue weighted by molar-refractivity contribution is 5.37. The van der Waals surface area contributed by atoms with Gasteiger partial charge in [0.15, 0.2) is 0 Å². The maximum absolute atomic E-state index is 12.8. The Kier molecular flexibility index (Phi) is 3.25. The fourth-order valence-electron chi connectivity index (χ4n) is 1.01. The zero-order valence-electron chi connectivity index (χ0n) is 7.63. The van der Waals surface area contributed by atoms with Gasteiger partial charge >= 0.3 is 11.9 Å². The Bertz CT molecular complexity index is 458. The summed E-state index contributed by atoms with van der Waals surface area (Å²) in [5.74, 6) is -1.99. The van der Waals surface area contributed by atoms with Crippen LogP contribution in [0.1, 0.15) is 17.7 Å². The first kappa shape index (κ1) is 13.2. The summed E-state index contributed by atoms with van der Waals surface area (Å²) in [5.41, 5.74) is -5.51. The van der Waals surface area contributed by atoms with Crippen molar-refractivity contribution in [2.24, 2.45) is 0 Å². The third-order valence-corrected chi connectivity index (χ3v) is 1.70. The average Bonchev–Trinajstić information content (AvgIpc) is 2.14. The lowest BCUT2D eigenvalue weighted by molar-refractivity contribution is -0.388. The molecule has 1 aromatic heterocycles. The van der Waals surface area contributed by atoms with E-state index in [1.807, 2.05) is 0 Å². The number of alkyl halides is 5. The van der Waals surface area contributed by atoms with E-state index in [0.29, 0.717) is 0 Å². The van der Waals surface area contributed by atoms with E-state index >= 15 is 0 Å². The zero-order valence-corrected chi connectivity index (χ0v) is 7.63. The molecular formula is C7H2F6N2O2. The minimum atomic E-state index is -5.28. The van der Waals surface area contributed by atoms with Crippen LogP contribution in [-0.2, 0) is 6.18 Å². The summed E-state index contributed by atoms with van der Waals surface area (Å²) >= 11 is 0. The highest BCUT2D eigenvalue weighted by Crippen LogP contribution is 2.37. The fourth-order valence-corrected chi connectivity index (χ4v) is 1.01. The van der Waals surface area contributed by atoms with Gasteiger partial charge in [0, 0.05) is 6.07 Å². The lowest BCUT2D eigenvalue weighted by Crippen LogP contribution is -2.13. The molecule has 1 aromatic rings. The van der Waals surface area contributed by atoms with E-state index in [2.05, 4.69) is 4.98 Å². The first-order chi connectivity index (χ1) is 7.64. The number of halogens is 6. The fraction of sp³-hybridized carbons (Fsp3) is 0.286. The third kappa shape index (κ3) is 2.63. The van der Waals surface area contributed by atoms with Crippen LogP contribution in [0.25, 0.3) is 0 Å². The normalized spacial score (nSPS) is 11.9. The second kappa shape index (κ2) is 4.18. The Morgan fingerprint density at radius 2 is 1.88 bits per heavy atom. The van der Waals surface area contributed by atoms with Crippen molar-refractivity contribution < 1.29 is 31.3 Å². The van der Waals surface area contributed by atoms with E-state index in [4.69, 9.17) is 0 Å². The largest absolute Gasteiger partial charge is 0.418 e. The molecule has 0 bridgehead atoms. The summed E-state index contributed by atoms with van der Waals surface area (Å²) in [6, 6.07) is -0.302.